The second-order valence-corrected chi connectivity index (χ2v) is 9.58. The van der Waals surface area contributed by atoms with Gasteiger partial charge in [-0.25, -0.2) is 8.42 Å². The number of sulfone groups is 1. The van der Waals surface area contributed by atoms with E-state index in [4.69, 9.17) is 50.8 Å². The van der Waals surface area contributed by atoms with Crippen LogP contribution >= 0.6 is 46.4 Å². The zero-order valence-corrected chi connectivity index (χ0v) is 14.4. The predicted octanol–water partition coefficient (Wildman–Crippen LogP) is 2.54. The van der Waals surface area contributed by atoms with Crippen LogP contribution in [0.5, 0.6) is 0 Å². The first kappa shape index (κ1) is 17.2. The molecule has 0 aromatic carbocycles. The highest BCUT2D eigenvalue weighted by molar-refractivity contribution is 7.91. The van der Waals surface area contributed by atoms with Crippen LogP contribution in [0.3, 0.4) is 0 Å². The fourth-order valence-corrected chi connectivity index (χ4v) is 4.78. The molecule has 1 aromatic heterocycles. The van der Waals surface area contributed by atoms with Gasteiger partial charge in [0, 0.05) is 0 Å². The summed E-state index contributed by atoms with van der Waals surface area (Å²) in [6.07, 6.45) is 1.51. The molecule has 0 saturated carbocycles. The number of nitrogens with one attached hydrogen (secondary N) is 1. The minimum Gasteiger partial charge on any atom is -0.467 e. The molecule has 0 spiro atoms. The van der Waals surface area contributed by atoms with Gasteiger partial charge in [-0.05, 0) is 12.1 Å². The molecule has 1 aliphatic heterocycles. The monoisotopic (exact) mass is 392 g/mol. The van der Waals surface area contributed by atoms with E-state index in [-0.39, 0.29) is 23.9 Å². The molecule has 118 valence electrons. The summed E-state index contributed by atoms with van der Waals surface area (Å²) in [4.78, 5) is 4.15. The zero-order chi connectivity index (χ0) is 15.7. The summed E-state index contributed by atoms with van der Waals surface area (Å²) in [6, 6.07) is 2.89. The summed E-state index contributed by atoms with van der Waals surface area (Å²) in [5.74, 6) is 0.390. The third kappa shape index (κ3) is 4.93. The Morgan fingerprint density at radius 3 is 2.62 bits per heavy atom. The molecule has 10 heteroatoms. The summed E-state index contributed by atoms with van der Waals surface area (Å²) >= 11 is 23.6. The molecule has 0 unspecified atom stereocenters. The van der Waals surface area contributed by atoms with E-state index in [1.807, 2.05) is 0 Å². The SMILES string of the molecule is O=S1(=O)C[C@H](Cl)[C@H](NC(=NCc2ccco2)C(Cl)(Cl)Cl)C1. The van der Waals surface area contributed by atoms with Crippen molar-refractivity contribution in [2.75, 3.05) is 11.5 Å². The van der Waals surface area contributed by atoms with Gasteiger partial charge < -0.3 is 9.73 Å². The summed E-state index contributed by atoms with van der Waals surface area (Å²) in [5.41, 5.74) is 0. The number of aliphatic imine (C=N–C) groups is 1. The van der Waals surface area contributed by atoms with Crippen LogP contribution in [-0.2, 0) is 16.4 Å². The summed E-state index contributed by atoms with van der Waals surface area (Å²) < 4.78 is 26.4. The number of hydrogen-bond acceptors (Lipinski definition) is 4. The first-order valence-corrected chi connectivity index (χ1v) is 9.31. The second-order valence-electron chi connectivity index (χ2n) is 4.59. The first-order valence-electron chi connectivity index (χ1n) is 5.92. The Hall–Kier alpha value is -0.140. The first-order chi connectivity index (χ1) is 9.67. The lowest BCUT2D eigenvalue weighted by Gasteiger charge is -2.22. The Bertz CT molecular complexity index is 610. The largest absolute Gasteiger partial charge is 0.467 e. The average Bonchev–Trinajstić information content (AvgIpc) is 2.91. The van der Waals surface area contributed by atoms with Crippen molar-refractivity contribution in [1.29, 1.82) is 0 Å². The highest BCUT2D eigenvalue weighted by atomic mass is 35.6. The third-order valence-corrected chi connectivity index (χ3v) is 5.76. The minimum atomic E-state index is -3.19. The van der Waals surface area contributed by atoms with E-state index >= 15 is 0 Å². The molecule has 1 aromatic rings. The number of rotatable bonds is 3. The van der Waals surface area contributed by atoms with Crippen molar-refractivity contribution in [2.45, 2.75) is 21.8 Å². The van der Waals surface area contributed by atoms with Gasteiger partial charge in [0.2, 0.25) is 3.79 Å². The number of furan rings is 1. The molecule has 1 N–H and O–H groups in total. The van der Waals surface area contributed by atoms with Crippen LogP contribution in [0.4, 0.5) is 0 Å². The molecule has 21 heavy (non-hydrogen) atoms. The van der Waals surface area contributed by atoms with Crippen LogP contribution in [0.2, 0.25) is 0 Å². The summed E-state index contributed by atoms with van der Waals surface area (Å²) in [7, 11) is -3.19. The zero-order valence-electron chi connectivity index (χ0n) is 10.6. The Labute approximate surface area is 142 Å². The Kier molecular flexibility index (Phi) is 5.36. The van der Waals surface area contributed by atoms with Crippen molar-refractivity contribution < 1.29 is 12.8 Å². The van der Waals surface area contributed by atoms with Gasteiger partial charge in [0.15, 0.2) is 9.84 Å². The molecule has 2 rings (SSSR count). The van der Waals surface area contributed by atoms with Crippen LogP contribution < -0.4 is 5.32 Å². The van der Waals surface area contributed by atoms with Gasteiger partial charge in [-0.1, -0.05) is 34.8 Å². The van der Waals surface area contributed by atoms with Gasteiger partial charge in [0.05, 0.1) is 35.7 Å². The van der Waals surface area contributed by atoms with Gasteiger partial charge in [0.1, 0.15) is 11.6 Å². The Morgan fingerprint density at radius 1 is 1.43 bits per heavy atom. The molecule has 2 heterocycles. The van der Waals surface area contributed by atoms with Gasteiger partial charge >= 0.3 is 0 Å². The van der Waals surface area contributed by atoms with Crippen molar-refractivity contribution in [3.63, 3.8) is 0 Å². The van der Waals surface area contributed by atoms with Crippen molar-refractivity contribution in [3.8, 4) is 0 Å². The number of halogens is 4. The number of nitrogens with zero attached hydrogens (tertiary/aromatic N) is 1. The van der Waals surface area contributed by atoms with Gasteiger partial charge in [-0.2, -0.15) is 0 Å². The van der Waals surface area contributed by atoms with Gasteiger partial charge in [-0.15, -0.1) is 11.6 Å². The molecule has 1 aliphatic rings. The van der Waals surface area contributed by atoms with Crippen molar-refractivity contribution >= 4 is 62.1 Å². The van der Waals surface area contributed by atoms with Crippen LogP contribution in [0.1, 0.15) is 5.76 Å². The highest BCUT2D eigenvalue weighted by Gasteiger charge is 2.39. The molecule has 0 radical (unpaired) electrons. The Morgan fingerprint density at radius 2 is 2.14 bits per heavy atom. The van der Waals surface area contributed by atoms with Gasteiger partial charge in [-0.3, -0.25) is 4.99 Å². The number of hydrogen-bond donors (Lipinski definition) is 1. The lowest BCUT2D eigenvalue weighted by atomic mass is 10.2. The smallest absolute Gasteiger partial charge is 0.247 e. The Balaban J connectivity index is 2.12. The second kappa shape index (κ2) is 6.54. The summed E-state index contributed by atoms with van der Waals surface area (Å²) in [6.45, 7) is 0.162. The van der Waals surface area contributed by atoms with E-state index in [0.29, 0.717) is 5.76 Å². The fourth-order valence-electron chi connectivity index (χ4n) is 1.89. The maximum Gasteiger partial charge on any atom is 0.247 e. The van der Waals surface area contributed by atoms with E-state index in [1.165, 1.54) is 6.26 Å². The maximum atomic E-state index is 11.5. The van der Waals surface area contributed by atoms with E-state index in [1.54, 1.807) is 12.1 Å². The molecule has 2 atom stereocenters. The molecule has 0 amide bonds. The van der Waals surface area contributed by atoms with Crippen molar-refractivity contribution in [3.05, 3.63) is 24.2 Å². The molecule has 5 nitrogen and oxygen atoms in total. The van der Waals surface area contributed by atoms with E-state index in [2.05, 4.69) is 10.3 Å². The molecule has 0 aliphatic carbocycles. The average molecular weight is 394 g/mol. The highest BCUT2D eigenvalue weighted by Crippen LogP contribution is 2.29. The minimum absolute atomic E-state index is 0.0386. The summed E-state index contributed by atoms with van der Waals surface area (Å²) in [5, 5.41) is 2.22. The normalized spacial score (nSPS) is 26.0. The van der Waals surface area contributed by atoms with Crippen molar-refractivity contribution in [2.24, 2.45) is 4.99 Å². The van der Waals surface area contributed by atoms with Crippen LogP contribution in [-0.4, -0.2) is 41.0 Å². The number of alkyl halides is 4. The molecule has 1 fully saturated rings. The molecule has 1 saturated heterocycles. The fraction of sp³-hybridized carbons (Fsp3) is 0.545. The standard InChI is InChI=1S/C11H12Cl4N2O3S/c12-8-5-21(18,19)6-9(8)17-10(11(13,14)15)16-4-7-2-1-3-20-7/h1-3,8-9H,4-6H2,(H,16,17)/t8-,9+/m0/s1. The molecule has 0 bridgehead atoms. The van der Waals surface area contributed by atoms with E-state index < -0.39 is 25.0 Å². The van der Waals surface area contributed by atoms with Crippen LogP contribution in [0.15, 0.2) is 27.8 Å². The van der Waals surface area contributed by atoms with Crippen molar-refractivity contribution in [1.82, 2.24) is 5.32 Å². The van der Waals surface area contributed by atoms with Gasteiger partial charge in [0.25, 0.3) is 0 Å². The number of amidine groups is 1. The molecular formula is C11H12Cl4N2O3S. The lowest BCUT2D eigenvalue weighted by Crippen LogP contribution is -2.46. The molecular weight excluding hydrogens is 382 g/mol. The van der Waals surface area contributed by atoms with E-state index in [9.17, 15) is 8.42 Å². The van der Waals surface area contributed by atoms with Crippen LogP contribution in [0, 0.1) is 0 Å². The quantitative estimate of drug-likeness (QED) is 0.486. The maximum absolute atomic E-state index is 11.5. The van der Waals surface area contributed by atoms with Crippen LogP contribution in [0.25, 0.3) is 0 Å². The van der Waals surface area contributed by atoms with E-state index in [0.717, 1.165) is 0 Å². The third-order valence-electron chi connectivity index (χ3n) is 2.85. The topological polar surface area (TPSA) is 71.7 Å². The lowest BCUT2D eigenvalue weighted by molar-refractivity contribution is 0.512. The predicted molar refractivity (Wildman–Crippen MR) is 85.4 cm³/mol.